The number of ether oxygens (including phenoxy) is 2. The van der Waals surface area contributed by atoms with E-state index in [4.69, 9.17) is 9.47 Å². The Balaban J connectivity index is 2.25. The van der Waals surface area contributed by atoms with Crippen molar-refractivity contribution < 1.29 is 9.47 Å². The molecule has 2 nitrogen and oxygen atoms in total. The summed E-state index contributed by atoms with van der Waals surface area (Å²) in [6.45, 7) is 3.44. The molecular weight excluding hydrogens is 232 g/mol. The molecule has 0 bridgehead atoms. The average Bonchev–Trinajstić information content (AvgIpc) is 2.62. The molecule has 3 heteroatoms. The zero-order valence-corrected chi connectivity index (χ0v) is 9.00. The Hall–Kier alpha value is -0.380. The Morgan fingerprint density at radius 2 is 2.00 bits per heavy atom. The molecule has 1 aliphatic rings. The Morgan fingerprint density at radius 3 is 2.62 bits per heavy atom. The van der Waals surface area contributed by atoms with Gasteiger partial charge in [0.15, 0.2) is 6.29 Å². The van der Waals surface area contributed by atoms with Crippen molar-refractivity contribution in [2.24, 2.45) is 0 Å². The third kappa shape index (κ3) is 1.93. The van der Waals surface area contributed by atoms with E-state index in [2.05, 4.69) is 28.9 Å². The molecule has 1 heterocycles. The molecule has 0 saturated carbocycles. The number of hydrogen-bond acceptors (Lipinski definition) is 2. The largest absolute Gasteiger partial charge is 0.346 e. The summed E-state index contributed by atoms with van der Waals surface area (Å²) in [5, 5.41) is 0. The lowest BCUT2D eigenvalue weighted by molar-refractivity contribution is -0.0441. The summed E-state index contributed by atoms with van der Waals surface area (Å²) in [5.41, 5.74) is 2.30. The van der Waals surface area contributed by atoms with Gasteiger partial charge in [0.1, 0.15) is 0 Å². The highest BCUT2D eigenvalue weighted by molar-refractivity contribution is 9.10. The zero-order valence-electron chi connectivity index (χ0n) is 7.42. The standard InChI is InChI=1S/C10H11BrO2/c1-7-2-3-8(6-9(7)11)10-12-4-5-13-10/h2-3,6,10H,4-5H2,1H3. The second kappa shape index (κ2) is 3.78. The minimum atomic E-state index is -0.170. The zero-order chi connectivity index (χ0) is 9.26. The van der Waals surface area contributed by atoms with Gasteiger partial charge < -0.3 is 9.47 Å². The molecule has 1 aliphatic heterocycles. The Labute approximate surface area is 86.0 Å². The van der Waals surface area contributed by atoms with Gasteiger partial charge in [-0.15, -0.1) is 0 Å². The van der Waals surface area contributed by atoms with E-state index in [1.165, 1.54) is 5.56 Å². The van der Waals surface area contributed by atoms with Gasteiger partial charge in [-0.05, 0) is 18.6 Å². The fourth-order valence-electron chi connectivity index (χ4n) is 1.31. The van der Waals surface area contributed by atoms with Crippen LogP contribution >= 0.6 is 15.9 Å². The maximum absolute atomic E-state index is 5.39. The van der Waals surface area contributed by atoms with Crippen molar-refractivity contribution in [2.75, 3.05) is 13.2 Å². The SMILES string of the molecule is Cc1ccc(C2OCCO2)cc1Br. The molecule has 0 unspecified atom stereocenters. The number of rotatable bonds is 1. The van der Waals surface area contributed by atoms with Crippen molar-refractivity contribution in [3.05, 3.63) is 33.8 Å². The van der Waals surface area contributed by atoms with Crippen LogP contribution < -0.4 is 0 Å². The van der Waals surface area contributed by atoms with Crippen LogP contribution in [-0.2, 0) is 9.47 Å². The van der Waals surface area contributed by atoms with Gasteiger partial charge in [-0.1, -0.05) is 28.1 Å². The van der Waals surface area contributed by atoms with Gasteiger partial charge in [-0.3, -0.25) is 0 Å². The predicted octanol–water partition coefficient (Wildman–Crippen LogP) is 2.80. The third-order valence-corrected chi connectivity index (χ3v) is 2.94. The van der Waals surface area contributed by atoms with Gasteiger partial charge in [0, 0.05) is 10.0 Å². The molecule has 1 aromatic rings. The fraction of sp³-hybridized carbons (Fsp3) is 0.400. The van der Waals surface area contributed by atoms with Crippen LogP contribution in [0.25, 0.3) is 0 Å². The molecule has 0 N–H and O–H groups in total. The lowest BCUT2D eigenvalue weighted by atomic mass is 10.1. The van der Waals surface area contributed by atoms with Crippen LogP contribution in [0.3, 0.4) is 0 Å². The predicted molar refractivity (Wildman–Crippen MR) is 53.5 cm³/mol. The minimum Gasteiger partial charge on any atom is -0.346 e. The van der Waals surface area contributed by atoms with Crippen LogP contribution in [0.4, 0.5) is 0 Å². The van der Waals surface area contributed by atoms with Gasteiger partial charge in [0.05, 0.1) is 13.2 Å². The molecule has 1 fully saturated rings. The van der Waals surface area contributed by atoms with Crippen molar-refractivity contribution in [1.29, 1.82) is 0 Å². The van der Waals surface area contributed by atoms with E-state index < -0.39 is 0 Å². The molecule has 0 atom stereocenters. The van der Waals surface area contributed by atoms with Crippen LogP contribution in [0, 0.1) is 6.92 Å². The van der Waals surface area contributed by atoms with E-state index in [1.54, 1.807) is 0 Å². The molecule has 70 valence electrons. The van der Waals surface area contributed by atoms with Gasteiger partial charge in [0.2, 0.25) is 0 Å². The van der Waals surface area contributed by atoms with E-state index in [0.29, 0.717) is 13.2 Å². The van der Waals surface area contributed by atoms with E-state index in [0.717, 1.165) is 10.0 Å². The number of benzene rings is 1. The first-order chi connectivity index (χ1) is 6.27. The minimum absolute atomic E-state index is 0.170. The normalized spacial score (nSPS) is 18.0. The highest BCUT2D eigenvalue weighted by Crippen LogP contribution is 2.27. The lowest BCUT2D eigenvalue weighted by Crippen LogP contribution is -1.97. The second-order valence-electron chi connectivity index (χ2n) is 3.08. The van der Waals surface area contributed by atoms with Crippen LogP contribution in [-0.4, -0.2) is 13.2 Å². The van der Waals surface area contributed by atoms with Crippen molar-refractivity contribution in [1.82, 2.24) is 0 Å². The van der Waals surface area contributed by atoms with Gasteiger partial charge in [0.25, 0.3) is 0 Å². The summed E-state index contributed by atoms with van der Waals surface area (Å²) in [5.74, 6) is 0. The Bertz CT molecular complexity index is 306. The van der Waals surface area contributed by atoms with E-state index in [1.807, 2.05) is 12.1 Å². The molecule has 0 aliphatic carbocycles. The summed E-state index contributed by atoms with van der Waals surface area (Å²) < 4.78 is 11.9. The third-order valence-electron chi connectivity index (χ3n) is 2.09. The van der Waals surface area contributed by atoms with Crippen molar-refractivity contribution in [3.8, 4) is 0 Å². The number of halogens is 1. The smallest absolute Gasteiger partial charge is 0.184 e. The average molecular weight is 243 g/mol. The van der Waals surface area contributed by atoms with Crippen LogP contribution in [0.15, 0.2) is 22.7 Å². The molecule has 1 saturated heterocycles. The first-order valence-electron chi connectivity index (χ1n) is 4.26. The van der Waals surface area contributed by atoms with E-state index in [9.17, 15) is 0 Å². The summed E-state index contributed by atoms with van der Waals surface area (Å²) in [6.07, 6.45) is -0.170. The molecule has 0 aromatic heterocycles. The first kappa shape index (κ1) is 9.19. The summed E-state index contributed by atoms with van der Waals surface area (Å²) in [6, 6.07) is 6.14. The number of hydrogen-bond donors (Lipinski definition) is 0. The summed E-state index contributed by atoms with van der Waals surface area (Å²) >= 11 is 3.48. The van der Waals surface area contributed by atoms with Crippen LogP contribution in [0.5, 0.6) is 0 Å². The highest BCUT2D eigenvalue weighted by Gasteiger charge is 2.18. The van der Waals surface area contributed by atoms with Gasteiger partial charge in [-0.25, -0.2) is 0 Å². The molecule has 1 aromatic carbocycles. The fourth-order valence-corrected chi connectivity index (χ4v) is 1.70. The van der Waals surface area contributed by atoms with Crippen LogP contribution in [0.1, 0.15) is 17.4 Å². The topological polar surface area (TPSA) is 18.5 Å². The van der Waals surface area contributed by atoms with Gasteiger partial charge >= 0.3 is 0 Å². The van der Waals surface area contributed by atoms with Gasteiger partial charge in [-0.2, -0.15) is 0 Å². The molecule has 0 amide bonds. The Morgan fingerprint density at radius 1 is 1.31 bits per heavy atom. The van der Waals surface area contributed by atoms with Crippen LogP contribution in [0.2, 0.25) is 0 Å². The first-order valence-corrected chi connectivity index (χ1v) is 5.06. The van der Waals surface area contributed by atoms with Crippen molar-refractivity contribution in [3.63, 3.8) is 0 Å². The monoisotopic (exact) mass is 242 g/mol. The summed E-state index contributed by atoms with van der Waals surface area (Å²) in [7, 11) is 0. The maximum atomic E-state index is 5.39. The highest BCUT2D eigenvalue weighted by atomic mass is 79.9. The van der Waals surface area contributed by atoms with Crippen molar-refractivity contribution >= 4 is 15.9 Å². The number of aryl methyl sites for hydroxylation is 1. The Kier molecular flexibility index (Phi) is 2.67. The molecular formula is C10H11BrO2. The molecule has 13 heavy (non-hydrogen) atoms. The molecule has 0 radical (unpaired) electrons. The second-order valence-corrected chi connectivity index (χ2v) is 3.94. The quantitative estimate of drug-likeness (QED) is 0.755. The summed E-state index contributed by atoms with van der Waals surface area (Å²) in [4.78, 5) is 0. The molecule has 2 rings (SSSR count). The van der Waals surface area contributed by atoms with E-state index >= 15 is 0 Å². The van der Waals surface area contributed by atoms with Crippen molar-refractivity contribution in [2.45, 2.75) is 13.2 Å². The van der Waals surface area contributed by atoms with E-state index in [-0.39, 0.29) is 6.29 Å². The molecule has 0 spiro atoms. The lowest BCUT2D eigenvalue weighted by Gasteiger charge is -2.10. The maximum Gasteiger partial charge on any atom is 0.184 e.